The van der Waals surface area contributed by atoms with Crippen LogP contribution in [0.5, 0.6) is 0 Å². The van der Waals surface area contributed by atoms with Crippen LogP contribution in [0.1, 0.15) is 20.8 Å². The highest BCUT2D eigenvalue weighted by atomic mass is 35.7. The van der Waals surface area contributed by atoms with Gasteiger partial charge in [0.15, 0.2) is 0 Å². The van der Waals surface area contributed by atoms with E-state index in [0.29, 0.717) is 0 Å². The Morgan fingerprint density at radius 3 is 1.56 bits per heavy atom. The average molecular weight is 187 g/mol. The summed E-state index contributed by atoms with van der Waals surface area (Å²) in [6.45, 7) is 3.49. The van der Waals surface area contributed by atoms with Crippen molar-refractivity contribution in [2.24, 2.45) is 0 Å². The molecule has 0 fully saturated rings. The van der Waals surface area contributed by atoms with Crippen LogP contribution in [0.25, 0.3) is 0 Å². The molecule has 1 nitrogen and oxygen atoms in total. The van der Waals surface area contributed by atoms with Gasteiger partial charge in [-0.1, -0.05) is 20.8 Å². The van der Waals surface area contributed by atoms with Crippen LogP contribution >= 0.6 is 22.2 Å². The Morgan fingerprint density at radius 2 is 1.56 bits per heavy atom. The second kappa shape index (κ2) is 2.78. The smallest absolute Gasteiger partial charge is 0.394 e. The van der Waals surface area contributed by atoms with E-state index >= 15 is 0 Å². The van der Waals surface area contributed by atoms with Gasteiger partial charge in [0.25, 0.3) is 0 Å². The summed E-state index contributed by atoms with van der Waals surface area (Å²) in [6, 6.07) is 0. The SMILES string of the molecule is CO[Si](Cl)(Cl)C(C)(C)C. The van der Waals surface area contributed by atoms with Crippen LogP contribution in [0.2, 0.25) is 5.04 Å². The van der Waals surface area contributed by atoms with Crippen molar-refractivity contribution >= 4 is 29.1 Å². The predicted octanol–water partition coefficient (Wildman–Crippen LogP) is 2.85. The Labute approximate surface area is 66.8 Å². The zero-order valence-corrected chi connectivity index (χ0v) is 8.68. The summed E-state index contributed by atoms with van der Waals surface area (Å²) in [4.78, 5) is 0. The lowest BCUT2D eigenvalue weighted by molar-refractivity contribution is 0.400. The van der Waals surface area contributed by atoms with Crippen molar-refractivity contribution in [1.29, 1.82) is 0 Å². The van der Waals surface area contributed by atoms with E-state index in [1.807, 2.05) is 20.8 Å². The van der Waals surface area contributed by atoms with Gasteiger partial charge in [-0.15, -0.1) is 22.2 Å². The topological polar surface area (TPSA) is 9.23 Å². The fraction of sp³-hybridized carbons (Fsp3) is 1.00. The average Bonchev–Trinajstić information content (AvgIpc) is 1.64. The highest BCUT2D eigenvalue weighted by Crippen LogP contribution is 2.41. The maximum atomic E-state index is 5.88. The monoisotopic (exact) mass is 186 g/mol. The third-order valence-electron chi connectivity index (χ3n) is 1.13. The van der Waals surface area contributed by atoms with Crippen molar-refractivity contribution in [1.82, 2.24) is 0 Å². The first-order chi connectivity index (χ1) is 3.81. The molecule has 0 bridgehead atoms. The summed E-state index contributed by atoms with van der Waals surface area (Å²) in [5.41, 5.74) is 0. The van der Waals surface area contributed by atoms with Crippen LogP contribution in [0.3, 0.4) is 0 Å². The van der Waals surface area contributed by atoms with Gasteiger partial charge in [0.05, 0.1) is 0 Å². The second-order valence-corrected chi connectivity index (χ2v) is 9.69. The molecular weight excluding hydrogens is 175 g/mol. The summed E-state index contributed by atoms with van der Waals surface area (Å²) in [7, 11) is 1.55. The van der Waals surface area contributed by atoms with Crippen LogP contribution in [-0.4, -0.2) is 14.0 Å². The molecule has 0 aromatic heterocycles. The normalized spacial score (nSPS) is 14.0. The van der Waals surface area contributed by atoms with E-state index in [1.165, 1.54) is 0 Å². The van der Waals surface area contributed by atoms with Gasteiger partial charge in [-0.05, 0) is 0 Å². The van der Waals surface area contributed by atoms with E-state index in [-0.39, 0.29) is 5.04 Å². The van der Waals surface area contributed by atoms with Crippen molar-refractivity contribution in [3.63, 3.8) is 0 Å². The standard InChI is InChI=1S/C5H12Cl2OSi/c1-5(2,3)9(6,7)8-4/h1-4H3. The van der Waals surface area contributed by atoms with E-state index in [2.05, 4.69) is 0 Å². The molecule has 56 valence electrons. The number of rotatable bonds is 1. The highest BCUT2D eigenvalue weighted by molar-refractivity contribution is 7.43. The molecule has 0 atom stereocenters. The van der Waals surface area contributed by atoms with Crippen molar-refractivity contribution in [2.45, 2.75) is 25.8 Å². The summed E-state index contributed by atoms with van der Waals surface area (Å²) in [5, 5.41) is -0.106. The zero-order valence-electron chi connectivity index (χ0n) is 6.16. The minimum Gasteiger partial charge on any atom is -0.395 e. The van der Waals surface area contributed by atoms with Gasteiger partial charge in [-0.3, -0.25) is 0 Å². The molecule has 0 aromatic carbocycles. The van der Waals surface area contributed by atoms with Crippen LogP contribution in [-0.2, 0) is 4.43 Å². The molecule has 0 aromatic rings. The highest BCUT2D eigenvalue weighted by Gasteiger charge is 2.43. The van der Waals surface area contributed by atoms with Crippen molar-refractivity contribution in [3.8, 4) is 0 Å². The summed E-state index contributed by atoms with van der Waals surface area (Å²) < 4.78 is 4.97. The molecule has 0 saturated carbocycles. The fourth-order valence-corrected chi connectivity index (χ4v) is 0.919. The molecule has 0 unspecified atom stereocenters. The molecule has 0 rings (SSSR count). The molecule has 0 heterocycles. The fourth-order valence-electron chi connectivity index (χ4n) is 0.306. The minimum absolute atomic E-state index is 0.106. The summed E-state index contributed by atoms with van der Waals surface area (Å²) in [5.74, 6) is 0. The van der Waals surface area contributed by atoms with Crippen LogP contribution in [0.4, 0.5) is 0 Å². The molecule has 0 amide bonds. The quantitative estimate of drug-likeness (QED) is 0.453. The first kappa shape index (κ1) is 9.76. The lowest BCUT2D eigenvalue weighted by atomic mass is 10.3. The molecule has 0 spiro atoms. The number of hydrogen-bond donors (Lipinski definition) is 0. The Morgan fingerprint density at radius 1 is 1.22 bits per heavy atom. The summed E-state index contributed by atoms with van der Waals surface area (Å²) >= 11 is 11.8. The van der Waals surface area contributed by atoms with Gasteiger partial charge in [-0.2, -0.15) is 0 Å². The van der Waals surface area contributed by atoms with E-state index in [1.54, 1.807) is 7.11 Å². The van der Waals surface area contributed by atoms with E-state index < -0.39 is 6.94 Å². The maximum absolute atomic E-state index is 5.88. The Hall–Kier alpha value is 0.757. The van der Waals surface area contributed by atoms with Crippen molar-refractivity contribution in [3.05, 3.63) is 0 Å². The van der Waals surface area contributed by atoms with Crippen molar-refractivity contribution < 1.29 is 4.43 Å². The Balaban J connectivity index is 4.14. The summed E-state index contributed by atoms with van der Waals surface area (Å²) in [6.07, 6.45) is 0. The molecule has 0 aliphatic rings. The number of halogens is 2. The lowest BCUT2D eigenvalue weighted by Gasteiger charge is -2.28. The van der Waals surface area contributed by atoms with E-state index in [9.17, 15) is 0 Å². The number of hydrogen-bond acceptors (Lipinski definition) is 1. The van der Waals surface area contributed by atoms with Crippen LogP contribution in [0, 0.1) is 0 Å². The molecule has 0 saturated heterocycles. The van der Waals surface area contributed by atoms with Gasteiger partial charge < -0.3 is 4.43 Å². The van der Waals surface area contributed by atoms with Gasteiger partial charge in [0.2, 0.25) is 0 Å². The first-order valence-electron chi connectivity index (χ1n) is 2.74. The molecule has 9 heavy (non-hydrogen) atoms. The van der Waals surface area contributed by atoms with E-state index in [0.717, 1.165) is 0 Å². The lowest BCUT2D eigenvalue weighted by Crippen LogP contribution is -2.34. The molecule has 0 aliphatic heterocycles. The maximum Gasteiger partial charge on any atom is 0.394 e. The molecule has 0 aliphatic carbocycles. The first-order valence-corrected chi connectivity index (χ1v) is 6.67. The van der Waals surface area contributed by atoms with Crippen LogP contribution in [0.15, 0.2) is 0 Å². The van der Waals surface area contributed by atoms with Gasteiger partial charge in [0.1, 0.15) is 0 Å². The zero-order chi connectivity index (χ0) is 7.71. The second-order valence-electron chi connectivity index (χ2n) is 2.97. The van der Waals surface area contributed by atoms with Crippen molar-refractivity contribution in [2.75, 3.05) is 7.11 Å². The Bertz CT molecular complexity index is 97.6. The largest absolute Gasteiger partial charge is 0.395 e. The Kier molecular flexibility index (Phi) is 3.02. The molecule has 4 heteroatoms. The van der Waals surface area contributed by atoms with Gasteiger partial charge in [-0.25, -0.2) is 0 Å². The molecular formula is C5H12Cl2OSi. The van der Waals surface area contributed by atoms with E-state index in [4.69, 9.17) is 26.6 Å². The third-order valence-corrected chi connectivity index (χ3v) is 7.72. The molecule has 0 radical (unpaired) electrons. The molecule has 0 N–H and O–H groups in total. The van der Waals surface area contributed by atoms with Crippen LogP contribution < -0.4 is 0 Å². The minimum atomic E-state index is -2.43. The third kappa shape index (κ3) is 2.46. The van der Waals surface area contributed by atoms with Gasteiger partial charge in [0, 0.05) is 12.1 Å². The predicted molar refractivity (Wildman–Crippen MR) is 44.2 cm³/mol. The van der Waals surface area contributed by atoms with Gasteiger partial charge >= 0.3 is 6.94 Å².